The molecule has 0 aliphatic rings. The Morgan fingerprint density at radius 2 is 2.35 bits per heavy atom. The number of nitrogens with one attached hydrogen (secondary N) is 1. The molecule has 94 valence electrons. The Bertz CT molecular complexity index is 405. The summed E-state index contributed by atoms with van der Waals surface area (Å²) in [5, 5.41) is 13.9. The fourth-order valence-corrected chi connectivity index (χ4v) is 1.81. The number of thiazole rings is 1. The summed E-state index contributed by atoms with van der Waals surface area (Å²) >= 11 is 1.47. The van der Waals surface area contributed by atoms with Crippen LogP contribution in [-0.2, 0) is 20.7 Å². The molecule has 0 aliphatic heterocycles. The third-order valence-electron chi connectivity index (χ3n) is 2.05. The van der Waals surface area contributed by atoms with Gasteiger partial charge in [0.15, 0.2) is 6.10 Å². The minimum absolute atomic E-state index is 0.0478. The number of methoxy groups -OCH3 is 1. The van der Waals surface area contributed by atoms with Crippen molar-refractivity contribution in [1.82, 2.24) is 10.3 Å². The molecule has 0 bridgehead atoms. The minimum atomic E-state index is -1.10. The van der Waals surface area contributed by atoms with Gasteiger partial charge in [0.25, 0.3) is 0 Å². The zero-order chi connectivity index (χ0) is 12.8. The summed E-state index contributed by atoms with van der Waals surface area (Å²) in [4.78, 5) is 26.2. The summed E-state index contributed by atoms with van der Waals surface area (Å²) in [6, 6.07) is 0. The number of aliphatic carboxylic acids is 1. The fraction of sp³-hybridized carbons (Fsp3) is 0.500. The molecule has 0 saturated heterocycles. The highest BCUT2D eigenvalue weighted by molar-refractivity contribution is 7.09. The Morgan fingerprint density at radius 3 is 2.82 bits per heavy atom. The summed E-state index contributed by atoms with van der Waals surface area (Å²) in [5.41, 5.74) is 0.689. The van der Waals surface area contributed by atoms with Crippen LogP contribution in [0.2, 0.25) is 0 Å². The predicted octanol–water partition coefficient (Wildman–Crippen LogP) is 0.210. The van der Waals surface area contributed by atoms with E-state index in [9.17, 15) is 9.59 Å². The van der Waals surface area contributed by atoms with Crippen LogP contribution in [0.4, 0.5) is 0 Å². The Balaban J connectivity index is 2.37. The molecule has 1 aromatic rings. The van der Waals surface area contributed by atoms with Crippen LogP contribution in [0, 0.1) is 6.92 Å². The number of aromatic nitrogens is 1. The van der Waals surface area contributed by atoms with Crippen LogP contribution >= 0.6 is 11.3 Å². The molecule has 0 spiro atoms. The van der Waals surface area contributed by atoms with Gasteiger partial charge < -0.3 is 15.2 Å². The van der Waals surface area contributed by atoms with Gasteiger partial charge in [-0.25, -0.2) is 9.78 Å². The molecule has 1 atom stereocenters. The number of carboxylic acids is 1. The van der Waals surface area contributed by atoms with Gasteiger partial charge in [-0.15, -0.1) is 11.3 Å². The Kier molecular flexibility index (Phi) is 5.05. The first-order chi connectivity index (χ1) is 8.02. The molecular weight excluding hydrogens is 244 g/mol. The van der Waals surface area contributed by atoms with Crippen molar-refractivity contribution in [2.24, 2.45) is 0 Å². The summed E-state index contributed by atoms with van der Waals surface area (Å²) in [5.74, 6) is -1.36. The maximum atomic E-state index is 11.5. The Hall–Kier alpha value is -1.47. The molecule has 1 heterocycles. The minimum Gasteiger partial charge on any atom is -0.479 e. The van der Waals surface area contributed by atoms with Gasteiger partial charge in [0.1, 0.15) is 0 Å². The molecule has 6 nitrogen and oxygen atoms in total. The standard InChI is InChI=1S/C10H14N2O4S/c1-6-12-7(5-17-6)3-9(13)11-4-8(16-2)10(14)15/h5,8H,3-4H2,1-2H3,(H,11,13)(H,14,15). The maximum absolute atomic E-state index is 11.5. The van der Waals surface area contributed by atoms with Crippen LogP contribution in [0.5, 0.6) is 0 Å². The number of carbonyl (C=O) groups is 2. The highest BCUT2D eigenvalue weighted by Crippen LogP contribution is 2.08. The molecule has 7 heteroatoms. The lowest BCUT2D eigenvalue weighted by atomic mass is 10.3. The summed E-state index contributed by atoms with van der Waals surface area (Å²) in [7, 11) is 1.29. The Morgan fingerprint density at radius 1 is 1.65 bits per heavy atom. The van der Waals surface area contributed by atoms with Gasteiger partial charge in [-0.2, -0.15) is 0 Å². The zero-order valence-electron chi connectivity index (χ0n) is 9.60. The highest BCUT2D eigenvalue weighted by Gasteiger charge is 2.17. The van der Waals surface area contributed by atoms with Crippen molar-refractivity contribution in [2.45, 2.75) is 19.4 Å². The molecule has 0 aromatic carbocycles. The van der Waals surface area contributed by atoms with Gasteiger partial charge in [-0.3, -0.25) is 4.79 Å². The van der Waals surface area contributed by atoms with Gasteiger partial charge >= 0.3 is 5.97 Å². The van der Waals surface area contributed by atoms with Crippen LogP contribution in [0.3, 0.4) is 0 Å². The number of amides is 1. The summed E-state index contributed by atoms with van der Waals surface area (Å²) in [6.45, 7) is 1.81. The van der Waals surface area contributed by atoms with E-state index in [0.717, 1.165) is 5.01 Å². The van der Waals surface area contributed by atoms with Crippen molar-refractivity contribution in [1.29, 1.82) is 0 Å². The molecule has 1 rings (SSSR count). The van der Waals surface area contributed by atoms with Gasteiger partial charge in [0.2, 0.25) is 5.91 Å². The fourth-order valence-electron chi connectivity index (χ4n) is 1.19. The second-order valence-corrected chi connectivity index (χ2v) is 4.46. The lowest BCUT2D eigenvalue weighted by Crippen LogP contribution is -2.38. The Labute approximate surface area is 103 Å². The average molecular weight is 258 g/mol. The van der Waals surface area contributed by atoms with E-state index in [2.05, 4.69) is 15.0 Å². The molecular formula is C10H14N2O4S. The van der Waals surface area contributed by atoms with E-state index in [4.69, 9.17) is 5.11 Å². The number of rotatable bonds is 6. The van der Waals surface area contributed by atoms with Crippen molar-refractivity contribution in [2.75, 3.05) is 13.7 Å². The van der Waals surface area contributed by atoms with E-state index < -0.39 is 12.1 Å². The first-order valence-electron chi connectivity index (χ1n) is 4.96. The largest absolute Gasteiger partial charge is 0.479 e. The van der Waals surface area contributed by atoms with E-state index in [0.29, 0.717) is 5.69 Å². The normalized spacial score (nSPS) is 12.1. The first-order valence-corrected chi connectivity index (χ1v) is 5.84. The monoisotopic (exact) mass is 258 g/mol. The molecule has 0 saturated carbocycles. The first kappa shape index (κ1) is 13.6. The highest BCUT2D eigenvalue weighted by atomic mass is 32.1. The third-order valence-corrected chi connectivity index (χ3v) is 2.88. The molecule has 0 fully saturated rings. The number of carbonyl (C=O) groups excluding carboxylic acids is 1. The SMILES string of the molecule is COC(CNC(=O)Cc1csc(C)n1)C(=O)O. The van der Waals surface area contributed by atoms with Crippen molar-refractivity contribution in [3.05, 3.63) is 16.1 Å². The number of hydrogen-bond donors (Lipinski definition) is 2. The molecule has 1 aromatic heterocycles. The lowest BCUT2D eigenvalue weighted by molar-refractivity contribution is -0.148. The predicted molar refractivity (Wildman–Crippen MR) is 62.0 cm³/mol. The quantitative estimate of drug-likeness (QED) is 0.761. The van der Waals surface area contributed by atoms with E-state index in [1.807, 2.05) is 6.92 Å². The van der Waals surface area contributed by atoms with Gasteiger partial charge in [0.05, 0.1) is 23.7 Å². The molecule has 0 radical (unpaired) electrons. The third kappa shape index (κ3) is 4.49. The van der Waals surface area contributed by atoms with E-state index >= 15 is 0 Å². The van der Waals surface area contributed by atoms with Crippen LogP contribution in [-0.4, -0.2) is 41.7 Å². The molecule has 1 unspecified atom stereocenters. The average Bonchev–Trinajstić information content (AvgIpc) is 2.64. The molecule has 2 N–H and O–H groups in total. The second-order valence-electron chi connectivity index (χ2n) is 3.40. The number of carboxylic acid groups (broad SMARTS) is 1. The van der Waals surface area contributed by atoms with Crippen LogP contribution in [0.15, 0.2) is 5.38 Å². The second kappa shape index (κ2) is 6.31. The number of hydrogen-bond acceptors (Lipinski definition) is 5. The van der Waals surface area contributed by atoms with Gasteiger partial charge in [0, 0.05) is 12.5 Å². The maximum Gasteiger partial charge on any atom is 0.334 e. The van der Waals surface area contributed by atoms with Crippen LogP contribution in [0.25, 0.3) is 0 Å². The molecule has 1 amide bonds. The molecule has 0 aliphatic carbocycles. The number of nitrogens with zero attached hydrogens (tertiary/aromatic N) is 1. The molecule has 17 heavy (non-hydrogen) atoms. The van der Waals surface area contributed by atoms with E-state index in [1.54, 1.807) is 5.38 Å². The van der Waals surface area contributed by atoms with Crippen molar-refractivity contribution < 1.29 is 19.4 Å². The van der Waals surface area contributed by atoms with Crippen LogP contribution in [0.1, 0.15) is 10.7 Å². The van der Waals surface area contributed by atoms with E-state index in [-0.39, 0.29) is 18.9 Å². The topological polar surface area (TPSA) is 88.5 Å². The smallest absolute Gasteiger partial charge is 0.334 e. The van der Waals surface area contributed by atoms with Crippen molar-refractivity contribution >= 4 is 23.2 Å². The van der Waals surface area contributed by atoms with Crippen molar-refractivity contribution in [3.8, 4) is 0 Å². The van der Waals surface area contributed by atoms with Gasteiger partial charge in [-0.05, 0) is 6.92 Å². The lowest BCUT2D eigenvalue weighted by Gasteiger charge is -2.10. The summed E-state index contributed by atoms with van der Waals surface area (Å²) in [6.07, 6.45) is -0.864. The van der Waals surface area contributed by atoms with E-state index in [1.165, 1.54) is 18.4 Å². The van der Waals surface area contributed by atoms with Crippen molar-refractivity contribution in [3.63, 3.8) is 0 Å². The van der Waals surface area contributed by atoms with Gasteiger partial charge in [-0.1, -0.05) is 0 Å². The zero-order valence-corrected chi connectivity index (χ0v) is 10.4. The number of ether oxygens (including phenoxy) is 1. The summed E-state index contributed by atoms with van der Waals surface area (Å²) < 4.78 is 4.69. The number of aryl methyl sites for hydroxylation is 1. The van der Waals surface area contributed by atoms with Crippen LogP contribution < -0.4 is 5.32 Å².